The first-order valence-electron chi connectivity index (χ1n) is 19.8. The maximum absolute atomic E-state index is 13.0. The highest BCUT2D eigenvalue weighted by molar-refractivity contribution is 7.47. The summed E-state index contributed by atoms with van der Waals surface area (Å²) in [5.74, 6) is 32.5. The summed E-state index contributed by atoms with van der Waals surface area (Å²) in [5, 5.41) is 31.7. The molecule has 64 heavy (non-hydrogen) atoms. The van der Waals surface area contributed by atoms with Crippen molar-refractivity contribution in [2.75, 3.05) is 13.2 Å². The molecule has 8 atom stereocenters. The van der Waals surface area contributed by atoms with Crippen LogP contribution < -0.4 is 0 Å². The van der Waals surface area contributed by atoms with E-state index in [-0.39, 0.29) is 6.42 Å². The van der Waals surface area contributed by atoms with Gasteiger partial charge >= 0.3 is 35.4 Å². The molecule has 0 radical (unpaired) electrons. The molecule has 0 spiro atoms. The molecule has 1 aliphatic rings. The zero-order valence-electron chi connectivity index (χ0n) is 34.8. The highest BCUT2D eigenvalue weighted by Crippen LogP contribution is 2.51. The van der Waals surface area contributed by atoms with Gasteiger partial charge in [-0.05, 0) is 89.3 Å². The van der Waals surface area contributed by atoms with Gasteiger partial charge in [0.2, 0.25) is 0 Å². The molecule has 1 saturated carbocycles. The molecule has 0 amide bonds. The maximum Gasteiger partial charge on any atom is 0.472 e. The second-order valence-corrected chi connectivity index (χ2v) is 17.3. The Labute approximate surface area is 373 Å². The van der Waals surface area contributed by atoms with Crippen molar-refractivity contribution in [2.45, 2.75) is 140 Å². The van der Waals surface area contributed by atoms with Crippen molar-refractivity contribution in [1.82, 2.24) is 0 Å². The molecule has 0 aliphatic heterocycles. The lowest BCUT2D eigenvalue weighted by molar-refractivity contribution is -0.213. The molecule has 348 valence electrons. The van der Waals surface area contributed by atoms with Gasteiger partial charge < -0.3 is 49.3 Å². The number of aliphatic hydroxyl groups excluding tert-OH is 3. The summed E-state index contributed by atoms with van der Waals surface area (Å²) in [7, 11) is -16.8. The first kappa shape index (κ1) is 57.6. The zero-order chi connectivity index (χ0) is 47.9. The van der Waals surface area contributed by atoms with Crippen LogP contribution in [0.5, 0.6) is 0 Å². The number of unbranched alkanes of at least 4 members (excludes halogenated alkanes) is 12. The van der Waals surface area contributed by atoms with Crippen molar-refractivity contribution in [2.24, 2.45) is 0 Å². The number of aliphatic hydroxyl groups is 3. The Kier molecular flexibility index (Phi) is 29.1. The molecule has 0 aromatic carbocycles. The highest BCUT2D eigenvalue weighted by Gasteiger charge is 2.56. The minimum absolute atomic E-state index is 0.0868. The van der Waals surface area contributed by atoms with Crippen LogP contribution in [0.3, 0.4) is 0 Å². The first-order valence-corrected chi connectivity index (χ1v) is 24.4. The van der Waals surface area contributed by atoms with Crippen molar-refractivity contribution in [3.63, 3.8) is 0 Å². The maximum atomic E-state index is 13.0. The largest absolute Gasteiger partial charge is 0.472 e. The molecule has 0 saturated heterocycles. The molecule has 0 aromatic heterocycles. The number of hydrogen-bond acceptors (Lipinski definition) is 14. The number of esters is 2. The van der Waals surface area contributed by atoms with E-state index >= 15 is 0 Å². The normalized spacial score (nSPS) is 20.1. The third-order valence-corrected chi connectivity index (χ3v) is 10.4. The lowest BCUT2D eigenvalue weighted by Gasteiger charge is -2.44. The minimum Gasteiger partial charge on any atom is -0.456 e. The van der Waals surface area contributed by atoms with E-state index in [9.17, 15) is 63.1 Å². The summed E-state index contributed by atoms with van der Waals surface area (Å²) in [6.07, 6.45) is 1.80. The number of carbonyl (C=O) groups is 2. The molecule has 1 aliphatic carbocycles. The number of hydrogen-bond donors (Lipinski definition) is 8. The fraction of sp³-hybridized carbons (Fsp3) is 0.571. The lowest BCUT2D eigenvalue weighted by Crippen LogP contribution is -2.65. The van der Waals surface area contributed by atoms with E-state index < -0.39 is 91.3 Å². The molecule has 1 rings (SSSR count). The summed E-state index contributed by atoms with van der Waals surface area (Å²) in [4.78, 5) is 72.5. The molecule has 4 unspecified atom stereocenters. The molecule has 19 nitrogen and oxygen atoms in total. The fourth-order valence-corrected chi connectivity index (χ4v) is 7.63. The van der Waals surface area contributed by atoms with Gasteiger partial charge in [0.25, 0.3) is 0 Å². The van der Waals surface area contributed by atoms with Crippen LogP contribution in [0.4, 0.5) is 0 Å². The molecule has 0 bridgehead atoms. The van der Waals surface area contributed by atoms with Gasteiger partial charge in [0, 0.05) is 12.3 Å². The van der Waals surface area contributed by atoms with Gasteiger partial charge in [-0.1, -0.05) is 84.0 Å². The molecule has 0 heterocycles. The Balaban J connectivity index is 2.97. The standard InChI is InChI=1S/C42H51O19P3/c1-3-5-7-9-11-13-15-17-19-20-22-24-26-28-30-35(43)56-32-34(58-36(44)31-29-27-25-23-21-18-16-14-12-10-8-6-4-2)33-57-64(54,55)61-40-37(45)38(46)41(59-62(48,49)50)42(39(40)47)60-63(51,52)53/h1,34,37-42,45-47H,4,6,8,10,12,14,16,18,21,23,25,27,29,31-33H2,2H3,(H,54,55)(H2,48,49,50)(H2,51,52,53)/t34-,37?,38-,39+,40?,41?,42+/m1/s1. The van der Waals surface area contributed by atoms with Crippen LogP contribution in [0.1, 0.15) is 96.8 Å². The van der Waals surface area contributed by atoms with E-state index in [1.165, 1.54) is 44.9 Å². The predicted molar refractivity (Wildman–Crippen MR) is 227 cm³/mol. The number of phosphoric ester groups is 3. The second kappa shape index (κ2) is 32.3. The quantitative estimate of drug-likeness (QED) is 0.0203. The summed E-state index contributed by atoms with van der Waals surface area (Å²) < 4.78 is 64.5. The van der Waals surface area contributed by atoms with E-state index in [2.05, 4.69) is 98.9 Å². The fourth-order valence-electron chi connectivity index (χ4n) is 5.53. The van der Waals surface area contributed by atoms with Crippen LogP contribution in [0.15, 0.2) is 0 Å². The van der Waals surface area contributed by atoms with Crippen molar-refractivity contribution in [3.05, 3.63) is 0 Å². The van der Waals surface area contributed by atoms with Gasteiger partial charge in [-0.15, -0.1) is 6.42 Å². The third kappa shape index (κ3) is 28.4. The summed E-state index contributed by atoms with van der Waals surface area (Å²) in [5.41, 5.74) is 0. The minimum atomic E-state index is -5.64. The van der Waals surface area contributed by atoms with Gasteiger partial charge in [-0.2, -0.15) is 0 Å². The van der Waals surface area contributed by atoms with Crippen molar-refractivity contribution >= 4 is 35.4 Å². The van der Waals surface area contributed by atoms with Gasteiger partial charge in [0.05, 0.1) is 6.61 Å². The number of ether oxygens (including phenoxy) is 2. The zero-order valence-corrected chi connectivity index (χ0v) is 37.5. The number of rotatable bonds is 26. The molecule has 8 N–H and O–H groups in total. The van der Waals surface area contributed by atoms with Crippen molar-refractivity contribution in [1.29, 1.82) is 0 Å². The van der Waals surface area contributed by atoms with E-state index in [0.29, 0.717) is 12.8 Å². The predicted octanol–water partition coefficient (Wildman–Crippen LogP) is 2.13. The van der Waals surface area contributed by atoms with E-state index in [0.717, 1.165) is 25.7 Å². The van der Waals surface area contributed by atoms with Crippen LogP contribution in [0.25, 0.3) is 0 Å². The summed E-state index contributed by atoms with van der Waals surface area (Å²) in [6.45, 7) is 0.344. The molecule has 1 fully saturated rings. The van der Waals surface area contributed by atoms with Crippen molar-refractivity contribution in [3.8, 4) is 95.2 Å². The van der Waals surface area contributed by atoms with Gasteiger partial charge in [-0.3, -0.25) is 22.9 Å². The smallest absolute Gasteiger partial charge is 0.456 e. The first-order chi connectivity index (χ1) is 30.3. The number of phosphoric acid groups is 3. The van der Waals surface area contributed by atoms with Crippen LogP contribution >= 0.6 is 23.5 Å². The molecule has 0 aromatic rings. The second-order valence-electron chi connectivity index (χ2n) is 13.5. The Morgan fingerprint density at radius 2 is 0.953 bits per heavy atom. The average molecular weight is 953 g/mol. The van der Waals surface area contributed by atoms with Gasteiger partial charge in [0.1, 0.15) is 43.2 Å². The van der Waals surface area contributed by atoms with Gasteiger partial charge in [-0.25, -0.2) is 18.5 Å². The van der Waals surface area contributed by atoms with E-state index in [1.54, 1.807) is 0 Å². The molecular weight excluding hydrogens is 901 g/mol. The topological polar surface area (TPSA) is 303 Å². The van der Waals surface area contributed by atoms with Crippen molar-refractivity contribution < 1.29 is 90.6 Å². The van der Waals surface area contributed by atoms with Crippen LogP contribution in [-0.2, 0) is 50.9 Å². The van der Waals surface area contributed by atoms with E-state index in [4.69, 9.17) is 24.9 Å². The average Bonchev–Trinajstić information content (AvgIpc) is 3.22. The SMILES string of the molecule is C#CC#CC#CC#CC#CC#CC#CC#CC(=O)OC[C@H](COP(=O)(O)OC1C(O)[C@@H](O)C(OP(=O)(O)O)[C@@H](OP(=O)(O)O)[C@H]1O)OC(=O)CCCCCCCCCCCCCCC. The molecule has 22 heteroatoms. The highest BCUT2D eigenvalue weighted by atomic mass is 31.2. The Hall–Kier alpha value is -4.37. The summed E-state index contributed by atoms with van der Waals surface area (Å²) in [6, 6.07) is 0. The Bertz CT molecular complexity index is 2160. The number of carbonyl (C=O) groups excluding carboxylic acids is 2. The Morgan fingerprint density at radius 1 is 0.547 bits per heavy atom. The molecular formula is C42H51O19P3. The van der Waals surface area contributed by atoms with Crippen LogP contribution in [0.2, 0.25) is 0 Å². The van der Waals surface area contributed by atoms with E-state index in [1.807, 2.05) is 5.92 Å². The van der Waals surface area contributed by atoms with Crippen LogP contribution in [-0.4, -0.2) is 108 Å². The number of terminal acetylenes is 1. The Morgan fingerprint density at radius 3 is 1.41 bits per heavy atom. The monoisotopic (exact) mass is 952 g/mol. The summed E-state index contributed by atoms with van der Waals surface area (Å²) >= 11 is 0. The van der Waals surface area contributed by atoms with Gasteiger partial charge in [0.15, 0.2) is 6.10 Å². The lowest BCUT2D eigenvalue weighted by atomic mass is 9.85. The third-order valence-electron chi connectivity index (χ3n) is 8.39. The van der Waals surface area contributed by atoms with Crippen LogP contribution in [0, 0.1) is 95.2 Å².